The number of hydrogen-bond acceptors (Lipinski definition) is 5. The van der Waals surface area contributed by atoms with Crippen LogP contribution in [-0.2, 0) is 9.47 Å². The molecule has 2 aromatic rings. The van der Waals surface area contributed by atoms with Gasteiger partial charge in [-0.2, -0.15) is 0 Å². The van der Waals surface area contributed by atoms with E-state index in [0.717, 1.165) is 37.1 Å². The van der Waals surface area contributed by atoms with Crippen molar-refractivity contribution in [2.24, 2.45) is 0 Å². The smallest absolute Gasteiger partial charge is 0.164 e. The predicted octanol–water partition coefficient (Wildman–Crippen LogP) is 5.58. The van der Waals surface area contributed by atoms with Crippen LogP contribution in [0.2, 0.25) is 0 Å². The number of pyridine rings is 1. The molecule has 1 aromatic carbocycles. The minimum absolute atomic E-state index is 0.146. The van der Waals surface area contributed by atoms with Crippen molar-refractivity contribution in [1.82, 2.24) is 9.88 Å². The predicted molar refractivity (Wildman–Crippen MR) is 130 cm³/mol. The van der Waals surface area contributed by atoms with Crippen LogP contribution in [0.25, 0.3) is 5.57 Å². The monoisotopic (exact) mass is 469 g/mol. The lowest BCUT2D eigenvalue weighted by Crippen LogP contribution is -2.46. The number of benzene rings is 1. The summed E-state index contributed by atoms with van der Waals surface area (Å²) in [6.45, 7) is 6.45. The van der Waals surface area contributed by atoms with Crippen molar-refractivity contribution in [3.8, 4) is 0 Å². The normalized spacial score (nSPS) is 21.8. The first-order chi connectivity index (χ1) is 16.5. The molecule has 0 saturated carbocycles. The van der Waals surface area contributed by atoms with Crippen LogP contribution in [0.4, 0.5) is 14.5 Å². The Labute approximate surface area is 200 Å². The lowest BCUT2D eigenvalue weighted by Gasteiger charge is -2.38. The molecule has 34 heavy (non-hydrogen) atoms. The van der Waals surface area contributed by atoms with Gasteiger partial charge in [0.15, 0.2) is 11.5 Å². The first-order valence-electron chi connectivity index (χ1n) is 12.1. The molecule has 2 heterocycles. The maximum absolute atomic E-state index is 16.3. The van der Waals surface area contributed by atoms with Gasteiger partial charge in [0, 0.05) is 38.3 Å². The van der Waals surface area contributed by atoms with E-state index in [1.807, 2.05) is 44.2 Å². The number of likely N-dealkylation sites (tertiary alicyclic amines) is 1. The fourth-order valence-corrected chi connectivity index (χ4v) is 4.75. The minimum atomic E-state index is -1.59. The first-order valence-corrected chi connectivity index (χ1v) is 12.1. The standard InChI is InChI=1S/C27H33F2N3O2/c1-3-33-24-16-27(29,17-25(34-4-2)26(24)20-8-6-5-7-9-20)19-32-14-11-21(12-15-32)31-23-10-13-30-18-22(23)28/h5-10,13,16,18,21H,3-4,11-12,14-15,17,19H2,1-2H3,(H,30,31). The lowest BCUT2D eigenvalue weighted by atomic mass is 9.86. The minimum Gasteiger partial charge on any atom is -0.497 e. The number of halogens is 2. The number of aromatic nitrogens is 1. The zero-order chi connectivity index (χ0) is 24.0. The molecule has 1 N–H and O–H groups in total. The van der Waals surface area contributed by atoms with Crippen LogP contribution < -0.4 is 5.32 Å². The van der Waals surface area contributed by atoms with Crippen LogP contribution in [-0.4, -0.2) is 54.4 Å². The van der Waals surface area contributed by atoms with E-state index in [4.69, 9.17) is 9.47 Å². The van der Waals surface area contributed by atoms with Gasteiger partial charge in [0.1, 0.15) is 11.5 Å². The first kappa shape index (κ1) is 24.2. The van der Waals surface area contributed by atoms with Gasteiger partial charge in [-0.25, -0.2) is 8.78 Å². The molecule has 1 saturated heterocycles. The van der Waals surface area contributed by atoms with Crippen LogP contribution in [0.1, 0.15) is 38.7 Å². The lowest BCUT2D eigenvalue weighted by molar-refractivity contribution is 0.0874. The summed E-state index contributed by atoms with van der Waals surface area (Å²) in [4.78, 5) is 5.93. The second kappa shape index (κ2) is 11.0. The van der Waals surface area contributed by atoms with E-state index in [-0.39, 0.29) is 24.8 Å². The molecular weight excluding hydrogens is 436 g/mol. The van der Waals surface area contributed by atoms with Crippen molar-refractivity contribution in [3.05, 3.63) is 77.8 Å². The van der Waals surface area contributed by atoms with Gasteiger partial charge in [-0.1, -0.05) is 30.3 Å². The Kier molecular flexibility index (Phi) is 7.83. The summed E-state index contributed by atoms with van der Waals surface area (Å²) in [5.74, 6) is 0.815. The average molecular weight is 470 g/mol. The molecule has 0 radical (unpaired) electrons. The molecule has 1 atom stereocenters. The van der Waals surface area contributed by atoms with Crippen molar-refractivity contribution < 1.29 is 18.3 Å². The molecule has 7 heteroatoms. The average Bonchev–Trinajstić information content (AvgIpc) is 2.82. The summed E-state index contributed by atoms with van der Waals surface area (Å²) in [5.41, 5.74) is 0.666. The van der Waals surface area contributed by atoms with E-state index in [9.17, 15) is 4.39 Å². The molecule has 0 bridgehead atoms. The van der Waals surface area contributed by atoms with Gasteiger partial charge in [-0.05, 0) is 44.4 Å². The Bertz CT molecular complexity index is 1020. The Morgan fingerprint density at radius 1 is 1.09 bits per heavy atom. The SMILES string of the molecule is CCOC1=CC(F)(CN2CCC(Nc3ccncc3F)CC2)CC(OCC)=C1c1ccccc1. The second-order valence-electron chi connectivity index (χ2n) is 8.80. The number of ether oxygens (including phenoxy) is 2. The van der Waals surface area contributed by atoms with E-state index in [1.165, 1.54) is 6.20 Å². The highest BCUT2D eigenvalue weighted by atomic mass is 19.1. The maximum Gasteiger partial charge on any atom is 0.164 e. The highest BCUT2D eigenvalue weighted by molar-refractivity contribution is 5.80. The molecule has 2 aliphatic rings. The van der Waals surface area contributed by atoms with Crippen LogP contribution >= 0.6 is 0 Å². The number of alkyl halides is 1. The van der Waals surface area contributed by atoms with E-state index < -0.39 is 5.67 Å². The Hall–Kier alpha value is -2.93. The number of rotatable bonds is 9. The van der Waals surface area contributed by atoms with Gasteiger partial charge in [-0.15, -0.1) is 0 Å². The molecule has 0 spiro atoms. The molecular formula is C27H33F2N3O2. The van der Waals surface area contributed by atoms with Crippen molar-refractivity contribution in [2.75, 3.05) is 38.2 Å². The molecule has 1 aliphatic carbocycles. The summed E-state index contributed by atoms with van der Waals surface area (Å²) in [5, 5.41) is 3.26. The van der Waals surface area contributed by atoms with Gasteiger partial charge in [0.05, 0.1) is 30.7 Å². The molecule has 0 amide bonds. The summed E-state index contributed by atoms with van der Waals surface area (Å²) < 4.78 is 42.1. The number of piperidine rings is 1. The molecule has 1 unspecified atom stereocenters. The third-order valence-electron chi connectivity index (χ3n) is 6.26. The third-order valence-corrected chi connectivity index (χ3v) is 6.26. The largest absolute Gasteiger partial charge is 0.497 e. The van der Waals surface area contributed by atoms with E-state index in [0.29, 0.717) is 30.4 Å². The highest BCUT2D eigenvalue weighted by Gasteiger charge is 2.39. The molecule has 4 rings (SSSR count). The van der Waals surface area contributed by atoms with Gasteiger partial charge >= 0.3 is 0 Å². The maximum atomic E-state index is 16.3. The topological polar surface area (TPSA) is 46.6 Å². The molecule has 1 fully saturated rings. The summed E-state index contributed by atoms with van der Waals surface area (Å²) in [6.07, 6.45) is 6.21. The van der Waals surface area contributed by atoms with Crippen molar-refractivity contribution in [2.45, 2.75) is 44.8 Å². The van der Waals surface area contributed by atoms with Crippen LogP contribution in [0.15, 0.2) is 66.4 Å². The van der Waals surface area contributed by atoms with E-state index in [2.05, 4.69) is 15.2 Å². The second-order valence-corrected chi connectivity index (χ2v) is 8.80. The van der Waals surface area contributed by atoms with Crippen LogP contribution in [0.3, 0.4) is 0 Å². The zero-order valence-electron chi connectivity index (χ0n) is 19.9. The highest BCUT2D eigenvalue weighted by Crippen LogP contribution is 2.41. The van der Waals surface area contributed by atoms with Gasteiger partial charge < -0.3 is 14.8 Å². The number of anilines is 1. The molecule has 1 aromatic heterocycles. The Morgan fingerprint density at radius 3 is 2.50 bits per heavy atom. The van der Waals surface area contributed by atoms with Crippen molar-refractivity contribution >= 4 is 11.3 Å². The Morgan fingerprint density at radius 2 is 1.82 bits per heavy atom. The summed E-state index contributed by atoms with van der Waals surface area (Å²) >= 11 is 0. The number of nitrogens with zero attached hydrogens (tertiary/aromatic N) is 2. The third kappa shape index (κ3) is 5.76. The van der Waals surface area contributed by atoms with Crippen LogP contribution in [0, 0.1) is 5.82 Å². The fraction of sp³-hybridized carbons (Fsp3) is 0.444. The van der Waals surface area contributed by atoms with Gasteiger partial charge in [0.25, 0.3) is 0 Å². The van der Waals surface area contributed by atoms with Crippen molar-refractivity contribution in [1.29, 1.82) is 0 Å². The van der Waals surface area contributed by atoms with Gasteiger partial charge in [-0.3, -0.25) is 9.88 Å². The quantitative estimate of drug-likeness (QED) is 0.520. The van der Waals surface area contributed by atoms with E-state index in [1.54, 1.807) is 18.3 Å². The van der Waals surface area contributed by atoms with Gasteiger partial charge in [0.2, 0.25) is 0 Å². The number of nitrogens with one attached hydrogen (secondary N) is 1. The zero-order valence-corrected chi connectivity index (χ0v) is 19.9. The summed E-state index contributed by atoms with van der Waals surface area (Å²) in [7, 11) is 0. The van der Waals surface area contributed by atoms with E-state index >= 15 is 4.39 Å². The molecule has 1 aliphatic heterocycles. The van der Waals surface area contributed by atoms with Crippen LogP contribution in [0.5, 0.6) is 0 Å². The number of allylic oxidation sites excluding steroid dienone is 2. The molecule has 5 nitrogen and oxygen atoms in total. The summed E-state index contributed by atoms with van der Waals surface area (Å²) in [6, 6.07) is 11.7. The number of hydrogen-bond donors (Lipinski definition) is 1. The Balaban J connectivity index is 1.46. The van der Waals surface area contributed by atoms with Crippen molar-refractivity contribution in [3.63, 3.8) is 0 Å². The molecule has 182 valence electrons. The fourth-order valence-electron chi connectivity index (χ4n) is 4.75.